The molecule has 0 spiro atoms. The van der Waals surface area contributed by atoms with Crippen LogP contribution in [0, 0.1) is 0 Å². The van der Waals surface area contributed by atoms with Crippen LogP contribution in [-0.2, 0) is 0 Å². The second-order valence-corrected chi connectivity index (χ2v) is 8.89. The molecule has 0 saturated carbocycles. The van der Waals surface area contributed by atoms with E-state index in [2.05, 4.69) is 60.4 Å². The lowest BCUT2D eigenvalue weighted by Crippen LogP contribution is -2.25. The van der Waals surface area contributed by atoms with Crippen molar-refractivity contribution in [3.63, 3.8) is 0 Å². The molecule has 0 radical (unpaired) electrons. The highest BCUT2D eigenvalue weighted by atomic mass is 15.2. The summed E-state index contributed by atoms with van der Waals surface area (Å²) in [5.74, 6) is 0. The van der Waals surface area contributed by atoms with Crippen molar-refractivity contribution in [3.8, 4) is 0 Å². The number of benzene rings is 1. The van der Waals surface area contributed by atoms with Crippen molar-refractivity contribution in [1.82, 2.24) is 0 Å². The molecule has 1 aliphatic heterocycles. The van der Waals surface area contributed by atoms with Crippen molar-refractivity contribution < 1.29 is 0 Å². The molecule has 0 atom stereocenters. The van der Waals surface area contributed by atoms with E-state index in [1.165, 1.54) is 114 Å². The highest BCUT2D eigenvalue weighted by Crippen LogP contribution is 2.32. The van der Waals surface area contributed by atoms with Gasteiger partial charge in [-0.05, 0) is 18.6 Å². The van der Waals surface area contributed by atoms with Gasteiger partial charge in [0, 0.05) is 26.0 Å². The molecule has 0 aromatic heterocycles. The zero-order valence-electron chi connectivity index (χ0n) is 19.4. The number of para-hydroxylation sites is 2. The molecule has 1 aromatic rings. The first-order chi connectivity index (χ1) is 14.3. The van der Waals surface area contributed by atoms with E-state index < -0.39 is 0 Å². The zero-order valence-corrected chi connectivity index (χ0v) is 19.4. The maximum atomic E-state index is 2.42. The van der Waals surface area contributed by atoms with Gasteiger partial charge in [-0.2, -0.15) is 0 Å². The smallest absolute Gasteiger partial charge is 0.0647 e. The van der Waals surface area contributed by atoms with Crippen molar-refractivity contribution in [1.29, 1.82) is 0 Å². The quantitative estimate of drug-likeness (QED) is 0.242. The monoisotopic (exact) mass is 398 g/mol. The fourth-order valence-corrected chi connectivity index (χ4v) is 4.37. The third-order valence-electron chi connectivity index (χ3n) is 6.29. The highest BCUT2D eigenvalue weighted by molar-refractivity contribution is 5.75. The molecule has 0 unspecified atom stereocenters. The first-order valence-corrected chi connectivity index (χ1v) is 12.6. The van der Waals surface area contributed by atoms with Gasteiger partial charge in [-0.3, -0.25) is 0 Å². The van der Waals surface area contributed by atoms with Gasteiger partial charge in [0.15, 0.2) is 0 Å². The number of fused-ring (bicyclic) bond motifs is 1. The largest absolute Gasteiger partial charge is 0.348 e. The van der Waals surface area contributed by atoms with Gasteiger partial charge in [-0.25, -0.2) is 0 Å². The lowest BCUT2D eigenvalue weighted by Gasteiger charge is -2.31. The van der Waals surface area contributed by atoms with Crippen LogP contribution >= 0.6 is 0 Å². The fraction of sp³-hybridized carbons (Fsp3) is 0.704. The van der Waals surface area contributed by atoms with E-state index in [1.807, 2.05) is 0 Å². The zero-order chi connectivity index (χ0) is 20.6. The van der Waals surface area contributed by atoms with Crippen LogP contribution in [0.25, 0.3) is 0 Å². The van der Waals surface area contributed by atoms with Crippen LogP contribution in [0.2, 0.25) is 0 Å². The summed E-state index contributed by atoms with van der Waals surface area (Å²) in [6.07, 6.45) is 27.3. The minimum atomic E-state index is 1.14. The maximum absolute atomic E-state index is 2.42. The standard InChI is InChI=1S/C27H46N2/c1-3-4-5-6-7-8-9-10-11-12-13-14-15-16-17-20-23-29-25-24-28(2)26-21-18-19-22-27(26)29/h18-19,21-22,24-25H,3-17,20,23H2,1-2H3. The molecule has 0 saturated heterocycles. The van der Waals surface area contributed by atoms with Gasteiger partial charge < -0.3 is 9.80 Å². The molecule has 1 heterocycles. The Hall–Kier alpha value is -1.44. The summed E-state index contributed by atoms with van der Waals surface area (Å²) in [4.78, 5) is 4.62. The third kappa shape index (κ3) is 9.74. The van der Waals surface area contributed by atoms with Crippen molar-refractivity contribution in [3.05, 3.63) is 36.7 Å². The van der Waals surface area contributed by atoms with Crippen LogP contribution in [0.5, 0.6) is 0 Å². The SMILES string of the molecule is CCCCCCCCCCCCCCCCCCN1C=CN(C)c2ccccc21. The van der Waals surface area contributed by atoms with E-state index in [0.29, 0.717) is 0 Å². The molecule has 0 N–H and O–H groups in total. The van der Waals surface area contributed by atoms with Crippen molar-refractivity contribution in [2.75, 3.05) is 23.4 Å². The molecule has 2 rings (SSSR count). The summed E-state index contributed by atoms with van der Waals surface area (Å²) < 4.78 is 0. The Morgan fingerprint density at radius 3 is 1.52 bits per heavy atom. The Balaban J connectivity index is 1.38. The van der Waals surface area contributed by atoms with Crippen LogP contribution in [-0.4, -0.2) is 13.6 Å². The summed E-state index contributed by atoms with van der Waals surface area (Å²) >= 11 is 0. The number of anilines is 2. The predicted octanol–water partition coefficient (Wildman–Crippen LogP) is 8.68. The van der Waals surface area contributed by atoms with Gasteiger partial charge >= 0.3 is 0 Å². The van der Waals surface area contributed by atoms with Crippen molar-refractivity contribution >= 4 is 11.4 Å². The van der Waals surface area contributed by atoms with E-state index in [4.69, 9.17) is 0 Å². The molecule has 0 aliphatic carbocycles. The van der Waals surface area contributed by atoms with Gasteiger partial charge in [-0.1, -0.05) is 115 Å². The van der Waals surface area contributed by atoms with E-state index in [-0.39, 0.29) is 0 Å². The van der Waals surface area contributed by atoms with Crippen LogP contribution in [0.1, 0.15) is 110 Å². The fourth-order valence-electron chi connectivity index (χ4n) is 4.37. The van der Waals surface area contributed by atoms with E-state index in [9.17, 15) is 0 Å². The van der Waals surface area contributed by atoms with Gasteiger partial charge in [0.2, 0.25) is 0 Å². The van der Waals surface area contributed by atoms with Gasteiger partial charge in [0.1, 0.15) is 0 Å². The molecule has 164 valence electrons. The summed E-state index contributed by atoms with van der Waals surface area (Å²) in [6.45, 7) is 3.44. The van der Waals surface area contributed by atoms with Gasteiger partial charge in [0.05, 0.1) is 11.4 Å². The molecule has 2 nitrogen and oxygen atoms in total. The Morgan fingerprint density at radius 1 is 0.552 bits per heavy atom. The number of hydrogen-bond acceptors (Lipinski definition) is 2. The van der Waals surface area contributed by atoms with Gasteiger partial charge in [0.25, 0.3) is 0 Å². The topological polar surface area (TPSA) is 6.48 Å². The first-order valence-electron chi connectivity index (χ1n) is 12.6. The van der Waals surface area contributed by atoms with Crippen LogP contribution in [0.15, 0.2) is 36.7 Å². The lowest BCUT2D eigenvalue weighted by molar-refractivity contribution is 0.530. The van der Waals surface area contributed by atoms with Gasteiger partial charge in [-0.15, -0.1) is 0 Å². The molecule has 1 aromatic carbocycles. The minimum absolute atomic E-state index is 1.14. The highest BCUT2D eigenvalue weighted by Gasteiger charge is 2.14. The molecule has 0 bridgehead atoms. The molecule has 1 aliphatic rings. The molecule has 0 amide bonds. The van der Waals surface area contributed by atoms with Crippen LogP contribution in [0.4, 0.5) is 11.4 Å². The predicted molar refractivity (Wildman–Crippen MR) is 131 cm³/mol. The maximum Gasteiger partial charge on any atom is 0.0647 e. The van der Waals surface area contributed by atoms with Crippen LogP contribution in [0.3, 0.4) is 0 Å². The molecular weight excluding hydrogens is 352 g/mol. The van der Waals surface area contributed by atoms with E-state index in [0.717, 1.165) is 6.54 Å². The summed E-state index contributed by atoms with van der Waals surface area (Å²) in [7, 11) is 2.13. The lowest BCUT2D eigenvalue weighted by atomic mass is 10.0. The molecule has 0 fully saturated rings. The number of unbranched alkanes of at least 4 members (excludes halogenated alkanes) is 15. The van der Waals surface area contributed by atoms with Crippen LogP contribution < -0.4 is 9.80 Å². The summed E-state index contributed by atoms with van der Waals surface area (Å²) in [6, 6.07) is 8.72. The average molecular weight is 399 g/mol. The van der Waals surface area contributed by atoms with Crippen molar-refractivity contribution in [2.24, 2.45) is 0 Å². The Kier molecular flexibility index (Phi) is 12.7. The number of hydrogen-bond donors (Lipinski definition) is 0. The first kappa shape index (κ1) is 23.8. The molecule has 29 heavy (non-hydrogen) atoms. The number of nitrogens with zero attached hydrogens (tertiary/aromatic N) is 2. The molecule has 2 heteroatoms. The Bertz CT molecular complexity index is 551. The average Bonchev–Trinajstić information content (AvgIpc) is 2.75. The minimum Gasteiger partial charge on any atom is -0.348 e. The van der Waals surface area contributed by atoms with E-state index >= 15 is 0 Å². The summed E-state index contributed by atoms with van der Waals surface area (Å²) in [5.41, 5.74) is 2.66. The number of rotatable bonds is 17. The second-order valence-electron chi connectivity index (χ2n) is 8.89. The van der Waals surface area contributed by atoms with E-state index in [1.54, 1.807) is 0 Å². The Morgan fingerprint density at radius 2 is 1.00 bits per heavy atom. The Labute approximate surface area is 181 Å². The third-order valence-corrected chi connectivity index (χ3v) is 6.29. The normalized spacial score (nSPS) is 13.2. The summed E-state index contributed by atoms with van der Waals surface area (Å²) in [5, 5.41) is 0. The second kappa shape index (κ2) is 15.4. The van der Waals surface area contributed by atoms with Crippen molar-refractivity contribution in [2.45, 2.75) is 110 Å². The molecular formula is C27H46N2.